The molecule has 1 aromatic carbocycles. The van der Waals surface area contributed by atoms with Crippen molar-refractivity contribution >= 4 is 23.8 Å². The number of hydrogen-bond acceptors (Lipinski definition) is 8. The lowest BCUT2D eigenvalue weighted by atomic mass is 10.0. The van der Waals surface area contributed by atoms with E-state index in [1.807, 2.05) is 19.9 Å². The van der Waals surface area contributed by atoms with E-state index < -0.39 is 29.9 Å². The van der Waals surface area contributed by atoms with E-state index in [-0.39, 0.29) is 17.7 Å². The number of methoxy groups -OCH3 is 1. The fraction of sp³-hybridized carbons (Fsp3) is 0.312. The molecule has 228 valence electrons. The van der Waals surface area contributed by atoms with E-state index in [2.05, 4.69) is 27.2 Å². The first-order chi connectivity index (χ1) is 20.5. The van der Waals surface area contributed by atoms with Crippen LogP contribution in [0.2, 0.25) is 0 Å². The summed E-state index contributed by atoms with van der Waals surface area (Å²) in [6.45, 7) is 10.8. The lowest BCUT2D eigenvalue weighted by Crippen LogP contribution is -2.46. The van der Waals surface area contributed by atoms with Gasteiger partial charge >= 0.3 is 11.9 Å². The zero-order chi connectivity index (χ0) is 31.9. The van der Waals surface area contributed by atoms with Crippen molar-refractivity contribution in [2.75, 3.05) is 7.11 Å². The second-order valence-corrected chi connectivity index (χ2v) is 10.1. The van der Waals surface area contributed by atoms with E-state index in [1.165, 1.54) is 19.5 Å². The molecule has 2 amide bonds. The highest BCUT2D eigenvalue weighted by Gasteiger charge is 2.28. The van der Waals surface area contributed by atoms with Crippen molar-refractivity contribution in [2.45, 2.75) is 46.2 Å². The molecular formula is C32H38N4O7. The van der Waals surface area contributed by atoms with Crippen molar-refractivity contribution < 1.29 is 33.8 Å². The van der Waals surface area contributed by atoms with Gasteiger partial charge in [0.2, 0.25) is 0 Å². The van der Waals surface area contributed by atoms with Crippen molar-refractivity contribution in [3.05, 3.63) is 96.6 Å². The number of esters is 1. The monoisotopic (exact) mass is 590 g/mol. The summed E-state index contributed by atoms with van der Waals surface area (Å²) in [5, 5.41) is 14.1. The molecule has 3 N–H and O–H groups in total. The van der Waals surface area contributed by atoms with Crippen LogP contribution in [0.1, 0.15) is 54.0 Å². The van der Waals surface area contributed by atoms with Crippen LogP contribution in [0.5, 0.6) is 11.5 Å². The first-order valence-corrected chi connectivity index (χ1v) is 13.6. The topological polar surface area (TPSA) is 157 Å². The van der Waals surface area contributed by atoms with Gasteiger partial charge in [-0.2, -0.15) is 0 Å². The van der Waals surface area contributed by atoms with Crippen LogP contribution in [0.4, 0.5) is 0 Å². The van der Waals surface area contributed by atoms with E-state index in [4.69, 9.17) is 14.6 Å². The highest BCUT2D eigenvalue weighted by Crippen LogP contribution is 2.29. The summed E-state index contributed by atoms with van der Waals surface area (Å²) in [6.07, 6.45) is 8.43. The Balaban J connectivity index is 0.000000344. The number of benzene rings is 1. The van der Waals surface area contributed by atoms with E-state index >= 15 is 0 Å². The number of rotatable bonds is 12. The normalized spacial score (nSPS) is 11.8. The predicted molar refractivity (Wildman–Crippen MR) is 161 cm³/mol. The molecule has 0 spiro atoms. The number of nitrogens with zero attached hydrogens (tertiary/aromatic N) is 2. The number of carbonyl (C=O) groups excluding carboxylic acids is 3. The standard InChI is InChI=1S/C21H24N2O4.C11H14N2O3/c1-5-7-15-9-10-17(18(12-15)26-4)27-21(25)19(14(2)3)23-20(24)16-8-6-11-22-13-16;1-7(2)9(11(15)16)13-10(14)8-4-3-5-12-6-8/h5-6,8-14,19H,1,7H2,2-4H3,(H,23,24);3-7,9H,1-2H3,(H,13,14)(H,15,16). The molecule has 43 heavy (non-hydrogen) atoms. The fourth-order valence-electron chi connectivity index (χ4n) is 3.72. The number of aromatic nitrogens is 2. The van der Waals surface area contributed by atoms with Crippen LogP contribution >= 0.6 is 0 Å². The van der Waals surface area contributed by atoms with Crippen LogP contribution in [0.25, 0.3) is 0 Å². The van der Waals surface area contributed by atoms with E-state index in [0.29, 0.717) is 29.0 Å². The zero-order valence-corrected chi connectivity index (χ0v) is 24.9. The Morgan fingerprint density at radius 1 is 0.860 bits per heavy atom. The minimum Gasteiger partial charge on any atom is -0.493 e. The summed E-state index contributed by atoms with van der Waals surface area (Å²) in [5.41, 5.74) is 1.73. The molecule has 0 aliphatic carbocycles. The number of allylic oxidation sites excluding steroid dienone is 1. The fourth-order valence-corrected chi connectivity index (χ4v) is 3.72. The third kappa shape index (κ3) is 10.7. The van der Waals surface area contributed by atoms with Crippen molar-refractivity contribution in [3.63, 3.8) is 0 Å². The van der Waals surface area contributed by atoms with E-state index in [1.54, 1.807) is 68.7 Å². The Hall–Kier alpha value is -5.06. The maximum absolute atomic E-state index is 12.7. The Labute approximate surface area is 251 Å². The smallest absolute Gasteiger partial charge is 0.334 e. The molecule has 0 fully saturated rings. The minimum absolute atomic E-state index is 0.163. The molecule has 3 rings (SSSR count). The lowest BCUT2D eigenvalue weighted by molar-refractivity contribution is -0.140. The van der Waals surface area contributed by atoms with Crippen LogP contribution in [-0.2, 0) is 16.0 Å². The quantitative estimate of drug-likeness (QED) is 0.160. The molecule has 2 aromatic heterocycles. The van der Waals surface area contributed by atoms with Gasteiger partial charge in [0.05, 0.1) is 18.2 Å². The number of amides is 2. The molecule has 0 aliphatic rings. The van der Waals surface area contributed by atoms with Gasteiger partial charge in [0.1, 0.15) is 12.1 Å². The first-order valence-electron chi connectivity index (χ1n) is 13.6. The van der Waals surface area contributed by atoms with Gasteiger partial charge in [0.25, 0.3) is 11.8 Å². The average molecular weight is 591 g/mol. The molecule has 11 nitrogen and oxygen atoms in total. The lowest BCUT2D eigenvalue weighted by Gasteiger charge is -2.21. The molecule has 2 unspecified atom stereocenters. The van der Waals surface area contributed by atoms with Crippen molar-refractivity contribution in [3.8, 4) is 11.5 Å². The Kier molecular flexibility index (Phi) is 13.5. The SMILES string of the molecule is C=CCc1ccc(OC(=O)C(NC(=O)c2cccnc2)C(C)C)c(OC)c1.CC(C)C(NC(=O)c1cccnc1)C(=O)O. The zero-order valence-electron chi connectivity index (χ0n) is 24.9. The third-order valence-corrected chi connectivity index (χ3v) is 6.09. The number of hydrogen-bond donors (Lipinski definition) is 3. The third-order valence-electron chi connectivity index (χ3n) is 6.09. The van der Waals surface area contributed by atoms with Crippen molar-refractivity contribution in [1.82, 2.24) is 20.6 Å². The highest BCUT2D eigenvalue weighted by atomic mass is 16.6. The highest BCUT2D eigenvalue weighted by molar-refractivity contribution is 5.97. The van der Waals surface area contributed by atoms with Crippen LogP contribution in [0.3, 0.4) is 0 Å². The second-order valence-electron chi connectivity index (χ2n) is 10.1. The number of aliphatic carboxylic acids is 1. The van der Waals surface area contributed by atoms with Crippen molar-refractivity contribution in [2.24, 2.45) is 11.8 Å². The number of pyridine rings is 2. The molecule has 0 bridgehead atoms. The Morgan fingerprint density at radius 2 is 1.40 bits per heavy atom. The van der Waals surface area contributed by atoms with Crippen LogP contribution in [-0.4, -0.2) is 58.0 Å². The first kappa shape index (κ1) is 34.1. The van der Waals surface area contributed by atoms with E-state index in [0.717, 1.165) is 5.56 Å². The van der Waals surface area contributed by atoms with Gasteiger partial charge in [-0.15, -0.1) is 6.58 Å². The molecular weight excluding hydrogens is 552 g/mol. The van der Waals surface area contributed by atoms with Gasteiger partial charge in [0.15, 0.2) is 11.5 Å². The maximum Gasteiger partial charge on any atom is 0.334 e. The molecule has 0 radical (unpaired) electrons. The summed E-state index contributed by atoms with van der Waals surface area (Å²) in [4.78, 5) is 55.3. The number of ether oxygens (including phenoxy) is 2. The van der Waals surface area contributed by atoms with Gasteiger partial charge in [-0.1, -0.05) is 39.8 Å². The van der Waals surface area contributed by atoms with Crippen LogP contribution in [0, 0.1) is 11.8 Å². The number of carboxylic acid groups (broad SMARTS) is 1. The summed E-state index contributed by atoms with van der Waals surface area (Å²) < 4.78 is 10.8. The molecule has 2 heterocycles. The molecule has 0 saturated heterocycles. The minimum atomic E-state index is -1.03. The van der Waals surface area contributed by atoms with Gasteiger partial charge in [-0.05, 0) is 60.2 Å². The molecule has 3 aromatic rings. The van der Waals surface area contributed by atoms with Gasteiger partial charge in [-0.3, -0.25) is 19.6 Å². The molecule has 11 heteroatoms. The summed E-state index contributed by atoms with van der Waals surface area (Å²) >= 11 is 0. The number of nitrogens with one attached hydrogen (secondary N) is 2. The number of carbonyl (C=O) groups is 4. The van der Waals surface area contributed by atoms with Crippen molar-refractivity contribution in [1.29, 1.82) is 0 Å². The molecule has 2 atom stereocenters. The second kappa shape index (κ2) is 17.0. The van der Waals surface area contributed by atoms with Crippen LogP contribution in [0.15, 0.2) is 79.9 Å². The van der Waals surface area contributed by atoms with Gasteiger partial charge in [0, 0.05) is 24.8 Å². The molecule has 0 aliphatic heterocycles. The molecule has 0 saturated carbocycles. The summed E-state index contributed by atoms with van der Waals surface area (Å²) in [6, 6.07) is 10.1. The van der Waals surface area contributed by atoms with Gasteiger partial charge < -0.3 is 25.2 Å². The largest absolute Gasteiger partial charge is 0.493 e. The van der Waals surface area contributed by atoms with Gasteiger partial charge in [-0.25, -0.2) is 9.59 Å². The summed E-state index contributed by atoms with van der Waals surface area (Å²) in [7, 11) is 1.51. The van der Waals surface area contributed by atoms with Crippen LogP contribution < -0.4 is 20.1 Å². The maximum atomic E-state index is 12.7. The number of carboxylic acids is 1. The average Bonchev–Trinajstić information content (AvgIpc) is 2.99. The Bertz CT molecular complexity index is 1380. The predicted octanol–water partition coefficient (Wildman–Crippen LogP) is 4.10. The summed E-state index contributed by atoms with van der Waals surface area (Å²) in [5.74, 6) is -1.98. The van der Waals surface area contributed by atoms with E-state index in [9.17, 15) is 19.2 Å². The Morgan fingerprint density at radius 3 is 1.81 bits per heavy atom.